The number of nitriles is 1. The van der Waals surface area contributed by atoms with Gasteiger partial charge in [0.1, 0.15) is 0 Å². The predicted octanol–water partition coefficient (Wildman–Crippen LogP) is 2.40. The van der Waals surface area contributed by atoms with Crippen LogP contribution in [0.5, 0.6) is 0 Å². The minimum atomic E-state index is -0.449. The van der Waals surface area contributed by atoms with Crippen molar-refractivity contribution in [2.75, 3.05) is 39.8 Å². The van der Waals surface area contributed by atoms with Gasteiger partial charge in [-0.3, -0.25) is 25.1 Å². The quantitative estimate of drug-likeness (QED) is 0.483. The van der Waals surface area contributed by atoms with E-state index < -0.39 is 11.1 Å². The fraction of sp³-hybridized carbons (Fsp3) is 0.656. The number of carbonyl (C=O) groups is 2. The molecular formula is C32H44N6O3S. The van der Waals surface area contributed by atoms with Gasteiger partial charge in [-0.05, 0) is 75.4 Å². The van der Waals surface area contributed by atoms with Crippen molar-refractivity contribution in [3.63, 3.8) is 0 Å². The minimum absolute atomic E-state index is 0.0704. The van der Waals surface area contributed by atoms with E-state index in [0.717, 1.165) is 38.0 Å². The SMILES string of the molecule is C=CC(=O)N1CCN(C2NC(OCC3CCCN3C)NC3C(=O)[C@@]4(CCC32)Cc2cccc(C)c2CS4)CC1CC#N. The maximum atomic E-state index is 14.6. The van der Waals surface area contributed by atoms with E-state index in [2.05, 4.69) is 65.3 Å². The summed E-state index contributed by atoms with van der Waals surface area (Å²) in [5, 5.41) is 16.9. The van der Waals surface area contributed by atoms with Crippen molar-refractivity contribution in [3.8, 4) is 6.07 Å². The number of hydrogen-bond donors (Lipinski definition) is 2. The van der Waals surface area contributed by atoms with Gasteiger partial charge < -0.3 is 14.5 Å². The first-order valence-corrected chi connectivity index (χ1v) is 16.5. The number of thioether (sulfide) groups is 1. The van der Waals surface area contributed by atoms with E-state index in [1.54, 1.807) is 4.90 Å². The van der Waals surface area contributed by atoms with Gasteiger partial charge in [-0.2, -0.15) is 5.26 Å². The molecule has 42 heavy (non-hydrogen) atoms. The van der Waals surface area contributed by atoms with E-state index in [1.807, 2.05) is 11.8 Å². The molecule has 4 fully saturated rings. The summed E-state index contributed by atoms with van der Waals surface area (Å²) in [7, 11) is 2.15. The molecule has 5 aliphatic rings. The maximum Gasteiger partial charge on any atom is 0.246 e. The molecule has 2 N–H and O–H groups in total. The standard InChI is InChI=1S/C32H44N6O3S/c1-4-27(39)38-16-15-37(18-23(38)11-13-33)30-25-10-12-32(17-22-8-5-7-21(2)26(22)20-42-32)29(40)28(25)34-31(35-30)41-19-24-9-6-14-36(24)3/h4-5,7-8,23-25,28,30-31,34-35H,1,6,9-12,14-20H2,2-3H3/t23?,24?,25?,28?,30?,31?,32-/m1/s1. The number of amides is 1. The first-order valence-electron chi connectivity index (χ1n) is 15.5. The van der Waals surface area contributed by atoms with Crippen LogP contribution in [0.2, 0.25) is 0 Å². The van der Waals surface area contributed by atoms with Crippen LogP contribution in [0.3, 0.4) is 0 Å². The highest BCUT2D eigenvalue weighted by Crippen LogP contribution is 2.49. The number of fused-ring (bicyclic) bond motifs is 2. The summed E-state index contributed by atoms with van der Waals surface area (Å²) in [5.41, 5.74) is 4.00. The second-order valence-corrected chi connectivity index (χ2v) is 14.1. The largest absolute Gasteiger partial charge is 0.348 e. The Kier molecular flexibility index (Phi) is 8.79. The van der Waals surface area contributed by atoms with E-state index in [-0.39, 0.29) is 36.5 Å². The number of rotatable bonds is 6. The van der Waals surface area contributed by atoms with Gasteiger partial charge in [-0.1, -0.05) is 24.8 Å². The average Bonchev–Trinajstić information content (AvgIpc) is 3.42. The van der Waals surface area contributed by atoms with Crippen LogP contribution in [0.15, 0.2) is 30.9 Å². The van der Waals surface area contributed by atoms with Gasteiger partial charge in [0, 0.05) is 37.3 Å². The lowest BCUT2D eigenvalue weighted by Gasteiger charge is -2.55. The monoisotopic (exact) mass is 592 g/mol. The Bertz CT molecular complexity index is 1250. The van der Waals surface area contributed by atoms with Gasteiger partial charge in [-0.25, -0.2) is 0 Å². The Morgan fingerprint density at radius 2 is 2.12 bits per heavy atom. The lowest BCUT2D eigenvalue weighted by Crippen LogP contribution is -2.75. The first kappa shape index (κ1) is 29.8. The van der Waals surface area contributed by atoms with Crippen LogP contribution < -0.4 is 10.6 Å². The Hall–Kier alpha value is -2.26. The summed E-state index contributed by atoms with van der Waals surface area (Å²) in [6.45, 7) is 9.29. The van der Waals surface area contributed by atoms with Crippen LogP contribution in [0.4, 0.5) is 0 Å². The summed E-state index contributed by atoms with van der Waals surface area (Å²) < 4.78 is 6.05. The molecule has 1 amide bonds. The lowest BCUT2D eigenvalue weighted by molar-refractivity contribution is -0.145. The van der Waals surface area contributed by atoms with Gasteiger partial charge in [0.2, 0.25) is 5.91 Å². The molecule has 0 radical (unpaired) electrons. The first-order chi connectivity index (χ1) is 20.3. The van der Waals surface area contributed by atoms with Crippen molar-refractivity contribution < 1.29 is 14.3 Å². The number of aryl methyl sites for hydroxylation is 1. The third-order valence-corrected chi connectivity index (χ3v) is 11.9. The van der Waals surface area contributed by atoms with Crippen molar-refractivity contribution >= 4 is 23.5 Å². The number of ether oxygens (including phenoxy) is 1. The molecule has 9 nitrogen and oxygen atoms in total. The number of likely N-dealkylation sites (tertiary alicyclic amines) is 1. The zero-order chi connectivity index (χ0) is 29.4. The smallest absolute Gasteiger partial charge is 0.246 e. The molecule has 4 aliphatic heterocycles. The van der Waals surface area contributed by atoms with E-state index in [4.69, 9.17) is 4.74 Å². The van der Waals surface area contributed by atoms with E-state index in [1.165, 1.54) is 29.2 Å². The van der Waals surface area contributed by atoms with Crippen LogP contribution in [-0.2, 0) is 26.5 Å². The van der Waals surface area contributed by atoms with Crippen molar-refractivity contribution in [1.29, 1.82) is 5.26 Å². The Morgan fingerprint density at radius 3 is 2.88 bits per heavy atom. The van der Waals surface area contributed by atoms with Crippen LogP contribution in [0.25, 0.3) is 0 Å². The molecule has 6 rings (SSSR count). The molecule has 0 aromatic heterocycles. The number of nitrogens with zero attached hydrogens (tertiary/aromatic N) is 4. The summed E-state index contributed by atoms with van der Waals surface area (Å²) in [6, 6.07) is 8.60. The molecule has 0 bridgehead atoms. The molecule has 6 unspecified atom stereocenters. The second kappa shape index (κ2) is 12.4. The molecule has 1 aromatic rings. The molecule has 226 valence electrons. The van der Waals surface area contributed by atoms with Crippen LogP contribution in [0.1, 0.15) is 48.8 Å². The molecule has 1 aliphatic carbocycles. The number of nitrogens with one attached hydrogen (secondary N) is 2. The predicted molar refractivity (Wildman–Crippen MR) is 163 cm³/mol. The summed E-state index contributed by atoms with van der Waals surface area (Å²) in [4.78, 5) is 33.6. The zero-order valence-electron chi connectivity index (χ0n) is 24.9. The lowest BCUT2D eigenvalue weighted by atomic mass is 9.71. The average molecular weight is 593 g/mol. The number of carbonyl (C=O) groups excluding carboxylic acids is 2. The van der Waals surface area contributed by atoms with Crippen molar-refractivity contribution in [3.05, 3.63) is 47.5 Å². The van der Waals surface area contributed by atoms with Gasteiger partial charge in [0.15, 0.2) is 12.1 Å². The van der Waals surface area contributed by atoms with Gasteiger partial charge in [0.25, 0.3) is 0 Å². The number of ketones is 1. The Labute approximate surface area is 254 Å². The molecule has 1 saturated carbocycles. The third kappa shape index (κ3) is 5.56. The number of hydrogen-bond acceptors (Lipinski definition) is 9. The number of Topliss-reactive ketones (excluding diaryl/α,β-unsaturated/α-hetero) is 1. The summed E-state index contributed by atoms with van der Waals surface area (Å²) >= 11 is 1.83. The van der Waals surface area contributed by atoms with Crippen molar-refractivity contribution in [2.45, 2.75) is 86.6 Å². The minimum Gasteiger partial charge on any atom is -0.348 e. The molecule has 4 heterocycles. The molecular weight excluding hydrogens is 548 g/mol. The Balaban J connectivity index is 1.24. The van der Waals surface area contributed by atoms with E-state index in [0.29, 0.717) is 38.1 Å². The van der Waals surface area contributed by atoms with E-state index >= 15 is 0 Å². The number of benzene rings is 1. The highest BCUT2D eigenvalue weighted by atomic mass is 32.2. The highest BCUT2D eigenvalue weighted by molar-refractivity contribution is 8.00. The normalized spacial score (nSPS) is 35.5. The van der Waals surface area contributed by atoms with Crippen molar-refractivity contribution in [1.82, 2.24) is 25.3 Å². The third-order valence-electron chi connectivity index (χ3n) is 10.4. The fourth-order valence-electron chi connectivity index (χ4n) is 7.91. The topological polar surface area (TPSA) is 101 Å². The Morgan fingerprint density at radius 1 is 1.26 bits per heavy atom. The molecule has 1 aromatic carbocycles. The fourth-order valence-corrected chi connectivity index (χ4v) is 9.53. The van der Waals surface area contributed by atoms with Crippen LogP contribution in [-0.4, -0.2) is 102 Å². The summed E-state index contributed by atoms with van der Waals surface area (Å²) in [5.74, 6) is 1.10. The van der Waals surface area contributed by atoms with Crippen molar-refractivity contribution in [2.24, 2.45) is 5.92 Å². The molecule has 1 spiro atoms. The van der Waals surface area contributed by atoms with Gasteiger partial charge in [0.05, 0.1) is 42.1 Å². The molecule has 7 atom stereocenters. The number of likely N-dealkylation sites (N-methyl/N-ethyl adjacent to an activating group) is 1. The van der Waals surface area contributed by atoms with Crippen LogP contribution >= 0.6 is 11.8 Å². The zero-order valence-corrected chi connectivity index (χ0v) is 25.7. The van der Waals surface area contributed by atoms with Gasteiger partial charge >= 0.3 is 0 Å². The second-order valence-electron chi connectivity index (χ2n) is 12.7. The number of piperazine rings is 1. The van der Waals surface area contributed by atoms with Crippen LogP contribution in [0, 0.1) is 24.2 Å². The summed E-state index contributed by atoms with van der Waals surface area (Å²) in [6.07, 6.45) is 5.90. The maximum absolute atomic E-state index is 14.6. The molecule has 3 saturated heterocycles. The highest BCUT2D eigenvalue weighted by Gasteiger charge is 2.55. The van der Waals surface area contributed by atoms with Gasteiger partial charge in [-0.15, -0.1) is 11.8 Å². The molecule has 10 heteroatoms. The van der Waals surface area contributed by atoms with E-state index in [9.17, 15) is 14.9 Å².